The Labute approximate surface area is 245 Å². The third kappa shape index (κ3) is 5.26. The second kappa shape index (κ2) is 10.6. The van der Waals surface area contributed by atoms with Crippen LogP contribution in [0.5, 0.6) is 0 Å². The minimum atomic E-state index is -0.433. The third-order valence-corrected chi connectivity index (χ3v) is 12.1. The molecule has 3 nitrogen and oxygen atoms in total. The van der Waals surface area contributed by atoms with Gasteiger partial charge in [-0.1, -0.05) is 99.5 Å². The van der Waals surface area contributed by atoms with Crippen molar-refractivity contribution in [3.05, 3.63) is 23.3 Å². The van der Waals surface area contributed by atoms with E-state index in [-0.39, 0.29) is 28.6 Å². The molecule has 224 valence electrons. The number of ketones is 3. The zero-order chi connectivity index (χ0) is 30.0. The van der Waals surface area contributed by atoms with E-state index in [0.717, 1.165) is 19.3 Å². The fourth-order valence-electron chi connectivity index (χ4n) is 9.66. The van der Waals surface area contributed by atoms with Gasteiger partial charge in [-0.3, -0.25) is 14.4 Å². The van der Waals surface area contributed by atoms with Gasteiger partial charge in [0.25, 0.3) is 0 Å². The number of carbonyl (C=O) groups is 3. The molecule has 0 bridgehead atoms. The van der Waals surface area contributed by atoms with Crippen molar-refractivity contribution in [3.63, 3.8) is 0 Å². The summed E-state index contributed by atoms with van der Waals surface area (Å²) >= 11 is 0. The Balaban J connectivity index is 1.67. The molecule has 4 aliphatic rings. The Morgan fingerprint density at radius 2 is 1.50 bits per heavy atom. The van der Waals surface area contributed by atoms with E-state index >= 15 is 0 Å². The van der Waals surface area contributed by atoms with Crippen molar-refractivity contribution in [2.24, 2.45) is 63.1 Å². The second-order valence-corrected chi connectivity index (χ2v) is 17.0. The summed E-state index contributed by atoms with van der Waals surface area (Å²) in [5.41, 5.74) is 2.14. The molecule has 3 fully saturated rings. The van der Waals surface area contributed by atoms with Crippen molar-refractivity contribution < 1.29 is 14.4 Å². The van der Waals surface area contributed by atoms with E-state index in [1.165, 1.54) is 24.8 Å². The van der Waals surface area contributed by atoms with Gasteiger partial charge in [-0.05, 0) is 74.0 Å². The summed E-state index contributed by atoms with van der Waals surface area (Å²) in [6.07, 6.45) is 12.7. The van der Waals surface area contributed by atoms with Crippen LogP contribution in [0.25, 0.3) is 0 Å². The largest absolute Gasteiger partial charge is 0.299 e. The molecular formula is C37H58O3. The SMILES string of the molecule is CC(C)C(=O)CC[C@@H](C)[C@H]1CC[C@H]2C3=CC=C4C[C@@H](C(=O)C(C)(C)C)C[C@H](C(=O)C(C)(C)C)[C@]4(C)[C@H]3CC[C@]12C. The molecule has 8 atom stereocenters. The zero-order valence-corrected chi connectivity index (χ0v) is 27.6. The predicted octanol–water partition coefficient (Wildman–Crippen LogP) is 9.20. The first-order valence-corrected chi connectivity index (χ1v) is 16.4. The molecule has 0 N–H and O–H groups in total. The second-order valence-electron chi connectivity index (χ2n) is 17.0. The van der Waals surface area contributed by atoms with Crippen LogP contribution < -0.4 is 0 Å². The number of carbonyl (C=O) groups excluding carboxylic acids is 3. The molecular weight excluding hydrogens is 492 g/mol. The van der Waals surface area contributed by atoms with Crippen LogP contribution >= 0.6 is 0 Å². The molecule has 0 radical (unpaired) electrons. The lowest BCUT2D eigenvalue weighted by Crippen LogP contribution is -2.54. The van der Waals surface area contributed by atoms with Crippen LogP contribution in [0.1, 0.15) is 128 Å². The minimum absolute atomic E-state index is 0.0790. The highest BCUT2D eigenvalue weighted by Crippen LogP contribution is 2.68. The Hall–Kier alpha value is -1.51. The maximum absolute atomic E-state index is 14.2. The van der Waals surface area contributed by atoms with Crippen LogP contribution in [0.15, 0.2) is 23.3 Å². The molecule has 0 heterocycles. The molecule has 3 heteroatoms. The Morgan fingerprint density at radius 1 is 0.875 bits per heavy atom. The van der Waals surface area contributed by atoms with Gasteiger partial charge in [0.2, 0.25) is 0 Å². The van der Waals surface area contributed by atoms with Crippen LogP contribution in [0, 0.1) is 63.1 Å². The van der Waals surface area contributed by atoms with Gasteiger partial charge in [0.1, 0.15) is 17.3 Å². The summed E-state index contributed by atoms with van der Waals surface area (Å²) in [5.74, 6) is 3.07. The summed E-state index contributed by atoms with van der Waals surface area (Å²) < 4.78 is 0. The fraction of sp³-hybridized carbons (Fsp3) is 0.811. The Morgan fingerprint density at radius 3 is 2.08 bits per heavy atom. The van der Waals surface area contributed by atoms with E-state index in [4.69, 9.17) is 0 Å². The van der Waals surface area contributed by atoms with Gasteiger partial charge >= 0.3 is 0 Å². The summed E-state index contributed by atoms with van der Waals surface area (Å²) in [5, 5.41) is 0. The van der Waals surface area contributed by atoms with Crippen molar-refractivity contribution in [3.8, 4) is 0 Å². The lowest BCUT2D eigenvalue weighted by molar-refractivity contribution is -0.141. The average molecular weight is 551 g/mol. The normalized spacial score (nSPS) is 36.6. The van der Waals surface area contributed by atoms with Crippen molar-refractivity contribution >= 4 is 17.3 Å². The number of hydrogen-bond acceptors (Lipinski definition) is 3. The first-order chi connectivity index (χ1) is 18.3. The van der Waals surface area contributed by atoms with Crippen LogP contribution in [0.4, 0.5) is 0 Å². The fourth-order valence-corrected chi connectivity index (χ4v) is 9.66. The van der Waals surface area contributed by atoms with Crippen LogP contribution in [-0.4, -0.2) is 17.3 Å². The van der Waals surface area contributed by atoms with Crippen molar-refractivity contribution in [2.45, 2.75) is 128 Å². The number of fused-ring (bicyclic) bond motifs is 5. The first kappa shape index (κ1) is 31.4. The molecule has 0 aromatic heterocycles. The molecule has 0 aromatic carbocycles. The number of hydrogen-bond donors (Lipinski definition) is 0. The van der Waals surface area contributed by atoms with E-state index in [1.54, 1.807) is 5.57 Å². The highest BCUT2D eigenvalue weighted by atomic mass is 16.1. The van der Waals surface area contributed by atoms with E-state index in [1.807, 2.05) is 34.6 Å². The summed E-state index contributed by atoms with van der Waals surface area (Å²) in [7, 11) is 0. The first-order valence-electron chi connectivity index (χ1n) is 16.4. The molecule has 3 saturated carbocycles. The van der Waals surface area contributed by atoms with Crippen LogP contribution in [0.2, 0.25) is 0 Å². The molecule has 4 rings (SSSR count). The molecule has 4 aliphatic carbocycles. The van der Waals surface area contributed by atoms with E-state index in [0.29, 0.717) is 53.9 Å². The molecule has 0 aliphatic heterocycles. The standard InChI is InChI=1S/C37H58O3/c1-22(2)31(38)17-12-23(3)27-15-16-28-26-14-13-25-20-24(32(39)34(4,5)6)21-30(33(40)35(7,8)9)37(25,11)29(26)18-19-36(27,28)10/h13-14,22-24,27-30H,12,15-21H2,1-11H3/t23-,24-,27-,28+,29+,30-,36-,37+/m1/s1. The number of allylic oxidation sites excluding steroid dienone is 4. The highest BCUT2D eigenvalue weighted by Gasteiger charge is 2.61. The van der Waals surface area contributed by atoms with Gasteiger partial charge in [0, 0.05) is 40.4 Å². The predicted molar refractivity (Wildman–Crippen MR) is 165 cm³/mol. The molecule has 0 unspecified atom stereocenters. The van der Waals surface area contributed by atoms with Gasteiger partial charge in [0.15, 0.2) is 0 Å². The van der Waals surface area contributed by atoms with Gasteiger partial charge < -0.3 is 0 Å². The topological polar surface area (TPSA) is 51.2 Å². The summed E-state index contributed by atoms with van der Waals surface area (Å²) in [4.78, 5) is 40.1. The maximum atomic E-state index is 14.2. The highest BCUT2D eigenvalue weighted by molar-refractivity contribution is 5.91. The number of Topliss-reactive ketones (excluding diaryl/α,β-unsaturated/α-hetero) is 3. The quantitative estimate of drug-likeness (QED) is 0.317. The summed E-state index contributed by atoms with van der Waals surface area (Å²) in [6.45, 7) is 23.6. The van der Waals surface area contributed by atoms with Crippen LogP contribution in [0.3, 0.4) is 0 Å². The van der Waals surface area contributed by atoms with E-state index in [9.17, 15) is 14.4 Å². The Kier molecular flexibility index (Phi) is 8.36. The maximum Gasteiger partial charge on any atom is 0.142 e. The summed E-state index contributed by atoms with van der Waals surface area (Å²) in [6, 6.07) is 0. The minimum Gasteiger partial charge on any atom is -0.299 e. The van der Waals surface area contributed by atoms with Crippen molar-refractivity contribution in [1.82, 2.24) is 0 Å². The number of rotatable bonds is 7. The van der Waals surface area contributed by atoms with E-state index in [2.05, 4.69) is 53.7 Å². The monoisotopic (exact) mass is 550 g/mol. The van der Waals surface area contributed by atoms with Crippen LogP contribution in [-0.2, 0) is 14.4 Å². The van der Waals surface area contributed by atoms with Gasteiger partial charge in [-0.15, -0.1) is 0 Å². The Bertz CT molecular complexity index is 1090. The molecule has 40 heavy (non-hydrogen) atoms. The van der Waals surface area contributed by atoms with Gasteiger partial charge in [-0.25, -0.2) is 0 Å². The van der Waals surface area contributed by atoms with Crippen molar-refractivity contribution in [2.75, 3.05) is 0 Å². The molecule has 0 spiro atoms. The lowest BCUT2D eigenvalue weighted by Gasteiger charge is -2.58. The molecule has 0 saturated heterocycles. The van der Waals surface area contributed by atoms with Crippen molar-refractivity contribution in [1.29, 1.82) is 0 Å². The lowest BCUT2D eigenvalue weighted by atomic mass is 9.45. The molecule has 0 amide bonds. The average Bonchev–Trinajstić information content (AvgIpc) is 3.21. The van der Waals surface area contributed by atoms with Gasteiger partial charge in [-0.2, -0.15) is 0 Å². The smallest absolute Gasteiger partial charge is 0.142 e. The zero-order valence-electron chi connectivity index (χ0n) is 27.6. The molecule has 0 aromatic rings. The van der Waals surface area contributed by atoms with E-state index < -0.39 is 10.8 Å². The third-order valence-electron chi connectivity index (χ3n) is 12.1. The van der Waals surface area contributed by atoms with Gasteiger partial charge in [0.05, 0.1) is 0 Å².